The maximum Gasteiger partial charge on any atom is 0.250 e. The molecule has 0 bridgehead atoms. The van der Waals surface area contributed by atoms with Gasteiger partial charge in [0, 0.05) is 18.0 Å². The minimum absolute atomic E-state index is 0.389. The Labute approximate surface area is 101 Å². The lowest BCUT2D eigenvalue weighted by atomic mass is 10.5. The van der Waals surface area contributed by atoms with Crippen molar-refractivity contribution < 1.29 is 8.42 Å². The van der Waals surface area contributed by atoms with Crippen LogP contribution in [0, 0.1) is 6.92 Å². The second kappa shape index (κ2) is 6.34. The summed E-state index contributed by atoms with van der Waals surface area (Å²) in [5, 5.41) is 3.14. The van der Waals surface area contributed by atoms with Gasteiger partial charge in [0.25, 0.3) is 0 Å². The van der Waals surface area contributed by atoms with Crippen LogP contribution in [0.15, 0.2) is 16.3 Å². The zero-order valence-corrected chi connectivity index (χ0v) is 11.2. The van der Waals surface area contributed by atoms with E-state index < -0.39 is 10.0 Å². The lowest BCUT2D eigenvalue weighted by Gasteiger charge is -2.05. The highest BCUT2D eigenvalue weighted by Gasteiger charge is 2.14. The quantitative estimate of drug-likeness (QED) is 0.729. The van der Waals surface area contributed by atoms with Crippen molar-refractivity contribution in [3.63, 3.8) is 0 Å². The Morgan fingerprint density at radius 1 is 1.25 bits per heavy atom. The van der Waals surface area contributed by atoms with E-state index in [1.807, 2.05) is 13.0 Å². The summed E-state index contributed by atoms with van der Waals surface area (Å²) in [5.41, 5.74) is 0. The van der Waals surface area contributed by atoms with Crippen LogP contribution in [0.2, 0.25) is 0 Å². The van der Waals surface area contributed by atoms with Gasteiger partial charge >= 0.3 is 0 Å². The monoisotopic (exact) mass is 262 g/mol. The van der Waals surface area contributed by atoms with Gasteiger partial charge in [-0.05, 0) is 32.0 Å². The fraction of sp³-hybridized carbons (Fsp3) is 0.600. The average molecular weight is 262 g/mol. The molecule has 2 N–H and O–H groups in total. The zero-order chi connectivity index (χ0) is 12.0. The van der Waals surface area contributed by atoms with Crippen molar-refractivity contribution in [1.82, 2.24) is 10.0 Å². The van der Waals surface area contributed by atoms with Gasteiger partial charge in [0.05, 0.1) is 0 Å². The first-order chi connectivity index (χ1) is 7.56. The summed E-state index contributed by atoms with van der Waals surface area (Å²) < 4.78 is 26.5. The minimum Gasteiger partial charge on any atom is -0.315 e. The maximum absolute atomic E-state index is 11.7. The van der Waals surface area contributed by atoms with Crippen LogP contribution in [0.4, 0.5) is 0 Å². The number of thiophene rings is 1. The van der Waals surface area contributed by atoms with Gasteiger partial charge in [-0.2, -0.15) is 0 Å². The van der Waals surface area contributed by atoms with Gasteiger partial charge in [0.2, 0.25) is 10.0 Å². The molecule has 0 saturated heterocycles. The lowest BCUT2D eigenvalue weighted by Crippen LogP contribution is -2.31. The summed E-state index contributed by atoms with van der Waals surface area (Å²) >= 11 is 1.29. The molecule has 0 atom stereocenters. The van der Waals surface area contributed by atoms with Crippen LogP contribution in [0.1, 0.15) is 18.2 Å². The van der Waals surface area contributed by atoms with Crippen LogP contribution >= 0.6 is 11.3 Å². The van der Waals surface area contributed by atoms with Gasteiger partial charge in [-0.25, -0.2) is 13.1 Å². The smallest absolute Gasteiger partial charge is 0.250 e. The predicted octanol–water partition coefficient (Wildman–Crippen LogP) is 1.33. The Balaban J connectivity index is 2.41. The average Bonchev–Trinajstić information content (AvgIpc) is 2.65. The van der Waals surface area contributed by atoms with E-state index in [2.05, 4.69) is 17.0 Å². The maximum atomic E-state index is 11.7. The Hall–Kier alpha value is -0.430. The van der Waals surface area contributed by atoms with Crippen LogP contribution in [-0.4, -0.2) is 28.1 Å². The Morgan fingerprint density at radius 2 is 2.00 bits per heavy atom. The SMILES string of the molecule is CCCNCCNS(=O)(=O)c1ccc(C)s1. The van der Waals surface area contributed by atoms with Gasteiger partial charge < -0.3 is 5.32 Å². The normalized spacial score (nSPS) is 11.9. The molecule has 4 nitrogen and oxygen atoms in total. The summed E-state index contributed by atoms with van der Waals surface area (Å²) in [6.07, 6.45) is 1.05. The van der Waals surface area contributed by atoms with Crippen molar-refractivity contribution in [3.05, 3.63) is 17.0 Å². The highest BCUT2D eigenvalue weighted by molar-refractivity contribution is 7.91. The van der Waals surface area contributed by atoms with Crippen molar-refractivity contribution in [2.45, 2.75) is 24.5 Å². The molecule has 0 spiro atoms. The van der Waals surface area contributed by atoms with Gasteiger partial charge in [-0.1, -0.05) is 6.92 Å². The van der Waals surface area contributed by atoms with Crippen LogP contribution in [-0.2, 0) is 10.0 Å². The molecule has 0 saturated carbocycles. The summed E-state index contributed by atoms with van der Waals surface area (Å²) in [6.45, 7) is 5.98. The van der Waals surface area contributed by atoms with E-state index in [9.17, 15) is 8.42 Å². The fourth-order valence-electron chi connectivity index (χ4n) is 1.20. The molecule has 0 aliphatic carbocycles. The first kappa shape index (κ1) is 13.6. The third-order valence-electron chi connectivity index (χ3n) is 2.00. The molecule has 1 heterocycles. The van der Waals surface area contributed by atoms with E-state index in [1.54, 1.807) is 6.07 Å². The van der Waals surface area contributed by atoms with E-state index in [0.717, 1.165) is 17.8 Å². The number of hydrogen-bond acceptors (Lipinski definition) is 4. The van der Waals surface area contributed by atoms with Gasteiger partial charge in [0.15, 0.2) is 0 Å². The molecule has 0 aliphatic heterocycles. The highest BCUT2D eigenvalue weighted by Crippen LogP contribution is 2.19. The molecule has 1 rings (SSSR count). The Kier molecular flexibility index (Phi) is 5.40. The summed E-state index contributed by atoms with van der Waals surface area (Å²) in [7, 11) is -3.30. The molecule has 0 aliphatic rings. The van der Waals surface area contributed by atoms with Crippen molar-refractivity contribution in [3.8, 4) is 0 Å². The third-order valence-corrected chi connectivity index (χ3v) is 4.95. The largest absolute Gasteiger partial charge is 0.315 e. The van der Waals surface area contributed by atoms with Crippen LogP contribution < -0.4 is 10.0 Å². The molecule has 0 unspecified atom stereocenters. The predicted molar refractivity (Wildman–Crippen MR) is 67.4 cm³/mol. The van der Waals surface area contributed by atoms with Crippen LogP contribution in [0.25, 0.3) is 0 Å². The van der Waals surface area contributed by atoms with Crippen LogP contribution in [0.3, 0.4) is 0 Å². The summed E-state index contributed by atoms with van der Waals surface area (Å²) in [6, 6.07) is 3.45. The third kappa shape index (κ3) is 4.21. The number of aryl methyl sites for hydroxylation is 1. The Bertz CT molecular complexity index is 412. The lowest BCUT2D eigenvalue weighted by molar-refractivity contribution is 0.577. The van der Waals surface area contributed by atoms with E-state index in [4.69, 9.17) is 0 Å². The standard InChI is InChI=1S/C10H18N2O2S2/c1-3-6-11-7-8-12-16(13,14)10-5-4-9(2)15-10/h4-5,11-12H,3,6-8H2,1-2H3. The van der Waals surface area contributed by atoms with Crippen molar-refractivity contribution in [2.24, 2.45) is 0 Å². The van der Waals surface area contributed by atoms with Crippen LogP contribution in [0.5, 0.6) is 0 Å². The van der Waals surface area contributed by atoms with E-state index in [0.29, 0.717) is 17.3 Å². The molecule has 0 fully saturated rings. The second-order valence-electron chi connectivity index (χ2n) is 3.51. The highest BCUT2D eigenvalue weighted by atomic mass is 32.2. The molecular formula is C10H18N2O2S2. The Morgan fingerprint density at radius 3 is 2.56 bits per heavy atom. The fourth-order valence-corrected chi connectivity index (χ4v) is 3.56. The van der Waals surface area contributed by atoms with E-state index in [-0.39, 0.29) is 0 Å². The zero-order valence-electron chi connectivity index (χ0n) is 9.62. The minimum atomic E-state index is -3.30. The molecule has 0 radical (unpaired) electrons. The van der Waals surface area contributed by atoms with Crippen molar-refractivity contribution in [2.75, 3.05) is 19.6 Å². The van der Waals surface area contributed by atoms with E-state index >= 15 is 0 Å². The number of nitrogens with one attached hydrogen (secondary N) is 2. The topological polar surface area (TPSA) is 58.2 Å². The molecule has 0 amide bonds. The molecule has 1 aromatic rings. The molecular weight excluding hydrogens is 244 g/mol. The van der Waals surface area contributed by atoms with Crippen molar-refractivity contribution >= 4 is 21.4 Å². The molecule has 0 aromatic carbocycles. The number of sulfonamides is 1. The first-order valence-corrected chi connectivity index (χ1v) is 7.63. The summed E-state index contributed by atoms with van der Waals surface area (Å²) in [4.78, 5) is 1.00. The molecule has 1 aromatic heterocycles. The van der Waals surface area contributed by atoms with Gasteiger partial charge in [0.1, 0.15) is 4.21 Å². The molecule has 92 valence electrons. The van der Waals surface area contributed by atoms with Gasteiger partial charge in [-0.15, -0.1) is 11.3 Å². The second-order valence-corrected chi connectivity index (χ2v) is 6.79. The first-order valence-electron chi connectivity index (χ1n) is 5.33. The molecule has 6 heteroatoms. The molecule has 16 heavy (non-hydrogen) atoms. The van der Waals surface area contributed by atoms with E-state index in [1.165, 1.54) is 11.3 Å². The van der Waals surface area contributed by atoms with Gasteiger partial charge in [-0.3, -0.25) is 0 Å². The summed E-state index contributed by atoms with van der Waals surface area (Å²) in [5.74, 6) is 0. The van der Waals surface area contributed by atoms with Crippen molar-refractivity contribution in [1.29, 1.82) is 0 Å². The number of hydrogen-bond donors (Lipinski definition) is 2. The number of rotatable bonds is 7.